The van der Waals surface area contributed by atoms with Gasteiger partial charge < -0.3 is 25.0 Å². The molecule has 0 saturated carbocycles. The summed E-state index contributed by atoms with van der Waals surface area (Å²) >= 11 is 0. The first-order chi connectivity index (χ1) is 11.7. The molecule has 0 radical (unpaired) electrons. The number of carbonyl (C=O) groups is 2. The Morgan fingerprint density at radius 3 is 2.80 bits per heavy atom. The molecule has 0 bridgehead atoms. The quantitative estimate of drug-likeness (QED) is 0.781. The van der Waals surface area contributed by atoms with Crippen LogP contribution < -0.4 is 15.4 Å². The van der Waals surface area contributed by atoms with Gasteiger partial charge in [-0.1, -0.05) is 12.1 Å². The van der Waals surface area contributed by atoms with Crippen LogP contribution in [0, 0.1) is 0 Å². The lowest BCUT2D eigenvalue weighted by Gasteiger charge is -2.24. The molecule has 2 N–H and O–H groups in total. The van der Waals surface area contributed by atoms with Crippen LogP contribution in [0.3, 0.4) is 0 Å². The Kier molecular flexibility index (Phi) is 7.04. The zero-order chi connectivity index (χ0) is 16.9. The average Bonchev–Trinajstić information content (AvgIpc) is 2.96. The number of benzene rings is 1. The molecule has 3 rings (SSSR count). The molecule has 7 nitrogen and oxygen atoms in total. The van der Waals surface area contributed by atoms with Crippen LogP contribution in [0.15, 0.2) is 24.3 Å². The van der Waals surface area contributed by atoms with Gasteiger partial charge in [-0.05, 0) is 24.1 Å². The van der Waals surface area contributed by atoms with Crippen molar-refractivity contribution in [3.8, 4) is 5.75 Å². The number of hydrogen-bond donors (Lipinski definition) is 2. The minimum absolute atomic E-state index is 0. The van der Waals surface area contributed by atoms with Crippen molar-refractivity contribution in [2.45, 2.75) is 25.1 Å². The number of carbonyl (C=O) groups excluding carboxylic acids is 2. The Hall–Kier alpha value is -1.83. The number of rotatable bonds is 5. The van der Waals surface area contributed by atoms with Gasteiger partial charge in [0.15, 0.2) is 0 Å². The van der Waals surface area contributed by atoms with Gasteiger partial charge in [0.05, 0.1) is 13.7 Å². The van der Waals surface area contributed by atoms with E-state index in [1.807, 2.05) is 24.3 Å². The van der Waals surface area contributed by atoms with E-state index in [4.69, 9.17) is 9.47 Å². The van der Waals surface area contributed by atoms with Crippen LogP contribution in [-0.4, -0.2) is 62.2 Å². The molecule has 2 atom stereocenters. The van der Waals surface area contributed by atoms with Gasteiger partial charge >= 0.3 is 0 Å². The summed E-state index contributed by atoms with van der Waals surface area (Å²) in [5.41, 5.74) is 1.04. The second-order valence-corrected chi connectivity index (χ2v) is 6.02. The molecule has 2 saturated heterocycles. The molecule has 2 fully saturated rings. The Balaban J connectivity index is 0.00000225. The van der Waals surface area contributed by atoms with Gasteiger partial charge in [-0.3, -0.25) is 9.59 Å². The first kappa shape index (κ1) is 19.5. The highest BCUT2D eigenvalue weighted by molar-refractivity contribution is 5.90. The molecule has 1 aromatic carbocycles. The molecule has 2 unspecified atom stereocenters. The predicted molar refractivity (Wildman–Crippen MR) is 94.8 cm³/mol. The molecular formula is C17H24ClN3O4. The number of likely N-dealkylation sites (tertiary alicyclic amines) is 1. The summed E-state index contributed by atoms with van der Waals surface area (Å²) in [4.78, 5) is 26.4. The third-order valence-electron chi connectivity index (χ3n) is 4.37. The van der Waals surface area contributed by atoms with E-state index in [0.29, 0.717) is 32.7 Å². The second-order valence-electron chi connectivity index (χ2n) is 6.02. The molecule has 1 aromatic rings. The van der Waals surface area contributed by atoms with Gasteiger partial charge in [-0.25, -0.2) is 0 Å². The molecule has 2 heterocycles. The number of amides is 2. The molecule has 2 aliphatic heterocycles. The first-order valence-corrected chi connectivity index (χ1v) is 8.22. The highest BCUT2D eigenvalue weighted by atomic mass is 35.5. The van der Waals surface area contributed by atoms with Crippen molar-refractivity contribution >= 4 is 24.2 Å². The summed E-state index contributed by atoms with van der Waals surface area (Å²) in [6.07, 6.45) is 0.114. The van der Waals surface area contributed by atoms with Crippen LogP contribution in [0.5, 0.6) is 5.75 Å². The van der Waals surface area contributed by atoms with E-state index in [2.05, 4.69) is 10.6 Å². The fraction of sp³-hybridized carbons (Fsp3) is 0.529. The lowest BCUT2D eigenvalue weighted by atomic mass is 10.2. The minimum Gasteiger partial charge on any atom is -0.497 e. The third kappa shape index (κ3) is 4.84. The van der Waals surface area contributed by atoms with Gasteiger partial charge in [-0.2, -0.15) is 0 Å². The summed E-state index contributed by atoms with van der Waals surface area (Å²) in [7, 11) is 1.62. The smallest absolute Gasteiger partial charge is 0.251 e. The SMILES string of the molecule is COc1ccc(CN2CCC(NC(=O)C3CNCCO3)C2=O)cc1.Cl. The number of methoxy groups -OCH3 is 1. The maximum atomic E-state index is 12.5. The molecule has 0 aliphatic carbocycles. The standard InChI is InChI=1S/C17H23N3O4.ClH/c1-23-13-4-2-12(3-5-13)11-20-8-6-14(17(20)22)19-16(21)15-10-18-7-9-24-15;/h2-5,14-15,18H,6-11H2,1H3,(H,19,21);1H. The largest absolute Gasteiger partial charge is 0.497 e. The number of morpholine rings is 1. The number of hydrogen-bond acceptors (Lipinski definition) is 5. The molecule has 25 heavy (non-hydrogen) atoms. The number of nitrogens with zero attached hydrogens (tertiary/aromatic N) is 1. The van der Waals surface area contributed by atoms with Crippen molar-refractivity contribution < 1.29 is 19.1 Å². The molecule has 138 valence electrons. The number of ether oxygens (including phenoxy) is 2. The van der Waals surface area contributed by atoms with E-state index in [0.717, 1.165) is 17.9 Å². The highest BCUT2D eigenvalue weighted by Gasteiger charge is 2.34. The highest BCUT2D eigenvalue weighted by Crippen LogP contribution is 2.18. The van der Waals surface area contributed by atoms with Crippen LogP contribution in [0.25, 0.3) is 0 Å². The molecule has 0 spiro atoms. The lowest BCUT2D eigenvalue weighted by molar-refractivity contribution is -0.139. The molecule has 8 heteroatoms. The van der Waals surface area contributed by atoms with E-state index in [9.17, 15) is 9.59 Å². The minimum atomic E-state index is -0.512. The Bertz CT molecular complexity index is 590. The summed E-state index contributed by atoms with van der Waals surface area (Å²) in [6.45, 7) is 2.93. The van der Waals surface area contributed by atoms with Crippen molar-refractivity contribution in [2.75, 3.05) is 33.4 Å². The van der Waals surface area contributed by atoms with Crippen molar-refractivity contribution in [1.29, 1.82) is 0 Å². The van der Waals surface area contributed by atoms with Gasteiger partial charge in [0, 0.05) is 26.2 Å². The predicted octanol–water partition coefficient (Wildman–Crippen LogP) is 0.323. The van der Waals surface area contributed by atoms with Crippen molar-refractivity contribution in [1.82, 2.24) is 15.5 Å². The number of nitrogens with one attached hydrogen (secondary N) is 2. The van der Waals surface area contributed by atoms with Crippen molar-refractivity contribution in [2.24, 2.45) is 0 Å². The molecule has 0 aromatic heterocycles. The Morgan fingerprint density at radius 2 is 2.16 bits per heavy atom. The van der Waals surface area contributed by atoms with Gasteiger partial charge in [0.25, 0.3) is 5.91 Å². The topological polar surface area (TPSA) is 79.9 Å². The fourth-order valence-electron chi connectivity index (χ4n) is 2.98. The van der Waals surface area contributed by atoms with E-state index in [1.165, 1.54) is 0 Å². The van der Waals surface area contributed by atoms with Crippen LogP contribution in [0.1, 0.15) is 12.0 Å². The van der Waals surface area contributed by atoms with Gasteiger partial charge in [-0.15, -0.1) is 12.4 Å². The fourth-order valence-corrected chi connectivity index (χ4v) is 2.98. The van der Waals surface area contributed by atoms with Crippen molar-refractivity contribution in [3.63, 3.8) is 0 Å². The van der Waals surface area contributed by atoms with E-state index in [-0.39, 0.29) is 24.2 Å². The molecular weight excluding hydrogens is 346 g/mol. The maximum Gasteiger partial charge on any atom is 0.251 e. The zero-order valence-electron chi connectivity index (χ0n) is 14.2. The first-order valence-electron chi connectivity index (χ1n) is 8.22. The van der Waals surface area contributed by atoms with E-state index >= 15 is 0 Å². The maximum absolute atomic E-state index is 12.5. The monoisotopic (exact) mass is 369 g/mol. The van der Waals surface area contributed by atoms with E-state index < -0.39 is 12.1 Å². The summed E-state index contributed by atoms with van der Waals surface area (Å²) in [6, 6.07) is 7.19. The summed E-state index contributed by atoms with van der Waals surface area (Å²) in [5.74, 6) is 0.535. The molecule has 2 amide bonds. The summed E-state index contributed by atoms with van der Waals surface area (Å²) < 4.78 is 10.6. The zero-order valence-corrected chi connectivity index (χ0v) is 15.0. The third-order valence-corrected chi connectivity index (χ3v) is 4.37. The average molecular weight is 370 g/mol. The normalized spacial score (nSPS) is 23.1. The van der Waals surface area contributed by atoms with Crippen molar-refractivity contribution in [3.05, 3.63) is 29.8 Å². The van der Waals surface area contributed by atoms with Gasteiger partial charge in [0.1, 0.15) is 17.9 Å². The van der Waals surface area contributed by atoms with Crippen LogP contribution in [0.2, 0.25) is 0 Å². The van der Waals surface area contributed by atoms with Gasteiger partial charge in [0.2, 0.25) is 5.91 Å². The lowest BCUT2D eigenvalue weighted by Crippen LogP contribution is -2.51. The Morgan fingerprint density at radius 1 is 1.40 bits per heavy atom. The molecule has 2 aliphatic rings. The second kappa shape index (κ2) is 9.03. The summed E-state index contributed by atoms with van der Waals surface area (Å²) in [5, 5.41) is 5.93. The number of halogens is 1. The van der Waals surface area contributed by atoms with Crippen LogP contribution in [0.4, 0.5) is 0 Å². The van der Waals surface area contributed by atoms with Crippen LogP contribution in [-0.2, 0) is 20.9 Å². The van der Waals surface area contributed by atoms with E-state index in [1.54, 1.807) is 12.0 Å². The Labute approximate surface area is 153 Å². The van der Waals surface area contributed by atoms with Crippen LogP contribution >= 0.6 is 12.4 Å².